The SMILES string of the molecule is Cn1ncc([N+](=O)[O-])c1-c1cnc(N)[nH]1. The summed E-state index contributed by atoms with van der Waals surface area (Å²) in [5.41, 5.74) is 6.14. The number of imidazole rings is 1. The molecule has 2 aromatic rings. The Balaban J connectivity index is 2.60. The quantitative estimate of drug-likeness (QED) is 0.543. The topological polar surface area (TPSA) is 116 Å². The van der Waals surface area contributed by atoms with Crippen LogP contribution in [0.25, 0.3) is 11.4 Å². The lowest BCUT2D eigenvalue weighted by Gasteiger charge is -1.97. The molecule has 2 rings (SSSR count). The number of nitro groups is 1. The molecular formula is C7H8N6O2. The van der Waals surface area contributed by atoms with E-state index in [1.807, 2.05) is 0 Å². The highest BCUT2D eigenvalue weighted by Gasteiger charge is 2.21. The fourth-order valence-electron chi connectivity index (χ4n) is 1.33. The van der Waals surface area contributed by atoms with Crippen molar-refractivity contribution in [3.63, 3.8) is 0 Å². The average Bonchev–Trinajstić information content (AvgIpc) is 2.71. The maximum absolute atomic E-state index is 10.7. The van der Waals surface area contributed by atoms with Gasteiger partial charge >= 0.3 is 5.69 Å². The summed E-state index contributed by atoms with van der Waals surface area (Å²) < 4.78 is 1.39. The Morgan fingerprint density at radius 1 is 1.60 bits per heavy atom. The van der Waals surface area contributed by atoms with Crippen LogP contribution >= 0.6 is 0 Å². The van der Waals surface area contributed by atoms with Crippen LogP contribution in [0.5, 0.6) is 0 Å². The summed E-state index contributed by atoms with van der Waals surface area (Å²) >= 11 is 0. The van der Waals surface area contributed by atoms with Crippen LogP contribution in [0.15, 0.2) is 12.4 Å². The summed E-state index contributed by atoms with van der Waals surface area (Å²) in [6.07, 6.45) is 2.62. The van der Waals surface area contributed by atoms with Gasteiger partial charge in [0.15, 0.2) is 11.6 Å². The smallest absolute Gasteiger partial charge is 0.316 e. The maximum atomic E-state index is 10.7. The summed E-state index contributed by atoms with van der Waals surface area (Å²) in [6, 6.07) is 0. The molecule has 3 N–H and O–H groups in total. The Kier molecular flexibility index (Phi) is 1.89. The Hall–Kier alpha value is -2.38. The third-order valence-electron chi connectivity index (χ3n) is 1.97. The van der Waals surface area contributed by atoms with Gasteiger partial charge < -0.3 is 10.7 Å². The van der Waals surface area contributed by atoms with Gasteiger partial charge in [0, 0.05) is 7.05 Å². The average molecular weight is 208 g/mol. The van der Waals surface area contributed by atoms with Crippen molar-refractivity contribution < 1.29 is 4.92 Å². The molecule has 0 aliphatic carbocycles. The molecule has 0 bridgehead atoms. The second-order valence-corrected chi connectivity index (χ2v) is 2.94. The monoisotopic (exact) mass is 208 g/mol. The van der Waals surface area contributed by atoms with Crippen molar-refractivity contribution in [1.82, 2.24) is 19.7 Å². The minimum atomic E-state index is -0.501. The van der Waals surface area contributed by atoms with Gasteiger partial charge in [-0.15, -0.1) is 0 Å². The Morgan fingerprint density at radius 3 is 2.87 bits per heavy atom. The van der Waals surface area contributed by atoms with Crippen LogP contribution in [0.2, 0.25) is 0 Å². The van der Waals surface area contributed by atoms with Crippen LogP contribution in [0.4, 0.5) is 11.6 Å². The minimum Gasteiger partial charge on any atom is -0.369 e. The zero-order valence-electron chi connectivity index (χ0n) is 7.84. The number of aryl methyl sites for hydroxylation is 1. The number of hydrogen-bond acceptors (Lipinski definition) is 5. The number of aromatic amines is 1. The summed E-state index contributed by atoms with van der Waals surface area (Å²) in [5, 5.41) is 14.5. The third-order valence-corrected chi connectivity index (χ3v) is 1.97. The van der Waals surface area contributed by atoms with Crippen molar-refractivity contribution in [2.24, 2.45) is 7.05 Å². The van der Waals surface area contributed by atoms with Gasteiger partial charge in [0.05, 0.1) is 16.8 Å². The molecule has 0 fully saturated rings. The Labute approximate surface area is 83.9 Å². The van der Waals surface area contributed by atoms with Crippen LogP contribution in [-0.2, 0) is 7.05 Å². The molecule has 0 amide bonds. The van der Waals surface area contributed by atoms with Crippen molar-refractivity contribution in [1.29, 1.82) is 0 Å². The summed E-state index contributed by atoms with van der Waals surface area (Å²) in [6.45, 7) is 0. The molecule has 0 aliphatic heterocycles. The number of anilines is 1. The molecule has 0 unspecified atom stereocenters. The van der Waals surface area contributed by atoms with E-state index in [0.29, 0.717) is 11.4 Å². The fraction of sp³-hybridized carbons (Fsp3) is 0.143. The molecule has 0 radical (unpaired) electrons. The van der Waals surface area contributed by atoms with E-state index in [0.717, 1.165) is 0 Å². The van der Waals surface area contributed by atoms with Gasteiger partial charge in [0.2, 0.25) is 0 Å². The van der Waals surface area contributed by atoms with E-state index in [1.54, 1.807) is 7.05 Å². The van der Waals surface area contributed by atoms with E-state index < -0.39 is 4.92 Å². The zero-order valence-corrected chi connectivity index (χ0v) is 7.84. The molecule has 2 aromatic heterocycles. The first-order valence-corrected chi connectivity index (χ1v) is 4.07. The lowest BCUT2D eigenvalue weighted by Crippen LogP contribution is -1.96. The first-order valence-electron chi connectivity index (χ1n) is 4.07. The number of nitrogens with two attached hydrogens (primary N) is 1. The number of nitrogen functional groups attached to an aromatic ring is 1. The van der Waals surface area contributed by atoms with Gasteiger partial charge in [0.1, 0.15) is 6.20 Å². The van der Waals surface area contributed by atoms with Gasteiger partial charge in [-0.25, -0.2) is 4.98 Å². The van der Waals surface area contributed by atoms with E-state index in [1.165, 1.54) is 17.1 Å². The lowest BCUT2D eigenvalue weighted by molar-refractivity contribution is -0.384. The molecule has 0 aliphatic rings. The second-order valence-electron chi connectivity index (χ2n) is 2.94. The Bertz CT molecular complexity index is 513. The molecule has 15 heavy (non-hydrogen) atoms. The van der Waals surface area contributed by atoms with Gasteiger partial charge in [-0.2, -0.15) is 5.10 Å². The van der Waals surface area contributed by atoms with E-state index in [2.05, 4.69) is 15.1 Å². The van der Waals surface area contributed by atoms with E-state index in [4.69, 9.17) is 5.73 Å². The summed E-state index contributed by atoms with van der Waals surface area (Å²) in [7, 11) is 1.61. The zero-order chi connectivity index (χ0) is 11.0. The van der Waals surface area contributed by atoms with Crippen molar-refractivity contribution >= 4 is 11.6 Å². The van der Waals surface area contributed by atoms with Gasteiger partial charge in [0.25, 0.3) is 0 Å². The van der Waals surface area contributed by atoms with Crippen molar-refractivity contribution in [2.45, 2.75) is 0 Å². The molecule has 0 spiro atoms. The number of H-pyrrole nitrogens is 1. The predicted molar refractivity (Wildman–Crippen MR) is 51.9 cm³/mol. The van der Waals surface area contributed by atoms with E-state index >= 15 is 0 Å². The van der Waals surface area contributed by atoms with E-state index in [9.17, 15) is 10.1 Å². The van der Waals surface area contributed by atoms with Crippen molar-refractivity contribution in [3.8, 4) is 11.4 Å². The molecule has 8 heteroatoms. The summed E-state index contributed by atoms with van der Waals surface area (Å²) in [5.74, 6) is 0.209. The fourth-order valence-corrected chi connectivity index (χ4v) is 1.33. The van der Waals surface area contributed by atoms with Crippen molar-refractivity contribution in [2.75, 3.05) is 5.73 Å². The highest BCUT2D eigenvalue weighted by atomic mass is 16.6. The predicted octanol–water partition coefficient (Wildman–Crippen LogP) is 0.301. The molecule has 2 heterocycles. The number of aromatic nitrogens is 4. The summed E-state index contributed by atoms with van der Waals surface area (Å²) in [4.78, 5) is 16.7. The van der Waals surface area contributed by atoms with Crippen LogP contribution in [-0.4, -0.2) is 24.7 Å². The first-order chi connectivity index (χ1) is 7.09. The first kappa shape index (κ1) is 9.19. The molecule has 0 atom stereocenters. The molecule has 0 aromatic carbocycles. The van der Waals surface area contributed by atoms with Crippen LogP contribution < -0.4 is 5.73 Å². The lowest BCUT2D eigenvalue weighted by atomic mass is 10.3. The molecule has 0 saturated heterocycles. The van der Waals surface area contributed by atoms with Crippen LogP contribution in [0, 0.1) is 10.1 Å². The van der Waals surface area contributed by atoms with Gasteiger partial charge in [-0.05, 0) is 0 Å². The molecule has 0 saturated carbocycles. The number of nitrogens with zero attached hydrogens (tertiary/aromatic N) is 4. The molecule has 78 valence electrons. The molecule has 8 nitrogen and oxygen atoms in total. The highest BCUT2D eigenvalue weighted by molar-refractivity contribution is 5.66. The van der Waals surface area contributed by atoms with Crippen LogP contribution in [0.1, 0.15) is 0 Å². The highest BCUT2D eigenvalue weighted by Crippen LogP contribution is 2.27. The Morgan fingerprint density at radius 2 is 2.33 bits per heavy atom. The van der Waals surface area contributed by atoms with Gasteiger partial charge in [-0.3, -0.25) is 14.8 Å². The van der Waals surface area contributed by atoms with Gasteiger partial charge in [-0.1, -0.05) is 0 Å². The minimum absolute atomic E-state index is 0.0823. The van der Waals surface area contributed by atoms with Crippen molar-refractivity contribution in [3.05, 3.63) is 22.5 Å². The number of hydrogen-bond donors (Lipinski definition) is 2. The second kappa shape index (κ2) is 3.08. The number of nitrogens with one attached hydrogen (secondary N) is 1. The normalized spacial score (nSPS) is 10.5. The molecular weight excluding hydrogens is 200 g/mol. The number of rotatable bonds is 2. The standard InChI is InChI=1S/C7H8N6O2/c1-12-6(4-2-9-7(8)11-4)5(3-10-12)13(14)15/h2-3H,1H3,(H3,8,9,11). The third kappa shape index (κ3) is 1.41. The largest absolute Gasteiger partial charge is 0.369 e. The van der Waals surface area contributed by atoms with Crippen LogP contribution in [0.3, 0.4) is 0 Å². The maximum Gasteiger partial charge on any atom is 0.316 e. The van der Waals surface area contributed by atoms with E-state index in [-0.39, 0.29) is 11.6 Å².